The summed E-state index contributed by atoms with van der Waals surface area (Å²) in [5, 5.41) is 3.37. The number of benzene rings is 2. The first-order valence-electron chi connectivity index (χ1n) is 7.31. The first-order valence-corrected chi connectivity index (χ1v) is 7.31. The fourth-order valence-electron chi connectivity index (χ4n) is 2.07. The molecule has 0 unspecified atom stereocenters. The van der Waals surface area contributed by atoms with Crippen LogP contribution in [0.25, 0.3) is 0 Å². The number of nitrogens with zero attached hydrogens (tertiary/aromatic N) is 1. The molecule has 0 bridgehead atoms. The van der Waals surface area contributed by atoms with Crippen LogP contribution in [-0.2, 0) is 11.3 Å². The quantitative estimate of drug-likeness (QED) is 0.333. The van der Waals surface area contributed by atoms with Gasteiger partial charge in [-0.15, -0.1) is 0 Å². The van der Waals surface area contributed by atoms with Crippen LogP contribution in [0.4, 0.5) is 10.1 Å². The van der Waals surface area contributed by atoms with Crippen molar-refractivity contribution >= 4 is 17.5 Å². The molecule has 0 heterocycles. The monoisotopic (exact) mass is 330 g/mol. The van der Waals surface area contributed by atoms with Gasteiger partial charge in [0.25, 0.3) is 5.91 Å². The van der Waals surface area contributed by atoms with Crippen molar-refractivity contribution in [3.8, 4) is 0 Å². The zero-order chi connectivity index (χ0) is 17.7. The summed E-state index contributed by atoms with van der Waals surface area (Å²) in [4.78, 5) is 24.0. The number of hydrogen-bond acceptors (Lipinski definition) is 4. The standard InChI is InChI=1S/C17H19FN4O2/c1-11-5-7-12(8-6-11)9-21-15(23)10-22(20)17(24)13-3-2-4-14(18)16(13)19/h2-8H,9-10,19-20H2,1H3,(H,21,23). The number of halogens is 1. The van der Waals surface area contributed by atoms with Crippen LogP contribution in [0.3, 0.4) is 0 Å². The lowest BCUT2D eigenvalue weighted by Gasteiger charge is -2.17. The summed E-state index contributed by atoms with van der Waals surface area (Å²) in [6.45, 7) is 1.93. The largest absolute Gasteiger partial charge is 0.396 e. The van der Waals surface area contributed by atoms with Crippen LogP contribution in [0.5, 0.6) is 0 Å². The molecule has 2 aromatic carbocycles. The average molecular weight is 330 g/mol. The molecule has 0 saturated carbocycles. The molecule has 0 aliphatic heterocycles. The fourth-order valence-corrected chi connectivity index (χ4v) is 2.07. The molecule has 7 heteroatoms. The van der Waals surface area contributed by atoms with Crippen LogP contribution >= 0.6 is 0 Å². The minimum Gasteiger partial charge on any atom is -0.396 e. The molecule has 24 heavy (non-hydrogen) atoms. The number of hydrazine groups is 1. The summed E-state index contributed by atoms with van der Waals surface area (Å²) >= 11 is 0. The highest BCUT2D eigenvalue weighted by Gasteiger charge is 2.19. The maximum absolute atomic E-state index is 13.4. The van der Waals surface area contributed by atoms with E-state index in [0.717, 1.165) is 17.2 Å². The topological polar surface area (TPSA) is 101 Å². The van der Waals surface area contributed by atoms with Crippen LogP contribution in [0.15, 0.2) is 42.5 Å². The van der Waals surface area contributed by atoms with Crippen molar-refractivity contribution < 1.29 is 14.0 Å². The summed E-state index contributed by atoms with van der Waals surface area (Å²) in [5.74, 6) is 3.74. The highest BCUT2D eigenvalue weighted by Crippen LogP contribution is 2.16. The van der Waals surface area contributed by atoms with E-state index in [1.807, 2.05) is 31.2 Å². The number of aryl methyl sites for hydroxylation is 1. The third-order valence-electron chi connectivity index (χ3n) is 3.47. The second-order valence-corrected chi connectivity index (χ2v) is 5.40. The van der Waals surface area contributed by atoms with Crippen LogP contribution < -0.4 is 16.9 Å². The lowest BCUT2D eigenvalue weighted by atomic mass is 10.1. The Hall–Kier alpha value is -2.93. The van der Waals surface area contributed by atoms with Gasteiger partial charge >= 0.3 is 0 Å². The maximum atomic E-state index is 13.4. The molecule has 2 rings (SSSR count). The van der Waals surface area contributed by atoms with Crippen LogP contribution in [0, 0.1) is 12.7 Å². The van der Waals surface area contributed by atoms with E-state index >= 15 is 0 Å². The predicted molar refractivity (Wildman–Crippen MR) is 89.1 cm³/mol. The Bertz CT molecular complexity index is 747. The highest BCUT2D eigenvalue weighted by atomic mass is 19.1. The maximum Gasteiger partial charge on any atom is 0.270 e. The second kappa shape index (κ2) is 7.56. The number of amides is 2. The van der Waals surface area contributed by atoms with Crippen molar-refractivity contribution in [1.29, 1.82) is 0 Å². The molecule has 5 N–H and O–H groups in total. The first kappa shape index (κ1) is 17.4. The molecular weight excluding hydrogens is 311 g/mol. The number of nitrogens with two attached hydrogens (primary N) is 2. The second-order valence-electron chi connectivity index (χ2n) is 5.40. The van der Waals surface area contributed by atoms with Gasteiger partial charge in [-0.1, -0.05) is 35.9 Å². The summed E-state index contributed by atoms with van der Waals surface area (Å²) in [5.41, 5.74) is 7.20. The molecule has 0 aliphatic carbocycles. The van der Waals surface area contributed by atoms with Gasteiger partial charge in [0.05, 0.1) is 11.3 Å². The molecular formula is C17H19FN4O2. The SMILES string of the molecule is Cc1ccc(CNC(=O)CN(N)C(=O)c2cccc(F)c2N)cc1. The van der Waals surface area contributed by atoms with Gasteiger partial charge < -0.3 is 11.1 Å². The molecule has 0 atom stereocenters. The van der Waals surface area contributed by atoms with Gasteiger partial charge in [0, 0.05) is 6.54 Å². The first-order chi connectivity index (χ1) is 11.4. The van der Waals surface area contributed by atoms with E-state index in [2.05, 4.69) is 5.32 Å². The molecule has 0 saturated heterocycles. The van der Waals surface area contributed by atoms with Crippen molar-refractivity contribution in [1.82, 2.24) is 10.3 Å². The zero-order valence-corrected chi connectivity index (χ0v) is 13.3. The van der Waals surface area contributed by atoms with E-state index in [1.165, 1.54) is 12.1 Å². The molecule has 2 aromatic rings. The van der Waals surface area contributed by atoms with Gasteiger partial charge in [-0.05, 0) is 24.6 Å². The van der Waals surface area contributed by atoms with Crippen molar-refractivity contribution in [2.24, 2.45) is 5.84 Å². The highest BCUT2D eigenvalue weighted by molar-refractivity contribution is 6.00. The Morgan fingerprint density at radius 2 is 1.83 bits per heavy atom. The van der Waals surface area contributed by atoms with E-state index < -0.39 is 17.6 Å². The summed E-state index contributed by atoms with van der Waals surface area (Å²) < 4.78 is 13.4. The lowest BCUT2D eigenvalue weighted by Crippen LogP contribution is -2.45. The Morgan fingerprint density at radius 3 is 2.50 bits per heavy atom. The Morgan fingerprint density at radius 1 is 1.17 bits per heavy atom. The molecule has 0 aromatic heterocycles. The van der Waals surface area contributed by atoms with E-state index in [1.54, 1.807) is 0 Å². The molecule has 2 amide bonds. The summed E-state index contributed by atoms with van der Waals surface area (Å²) in [7, 11) is 0. The number of rotatable bonds is 5. The van der Waals surface area contributed by atoms with Crippen molar-refractivity contribution in [2.75, 3.05) is 12.3 Å². The van der Waals surface area contributed by atoms with Gasteiger partial charge in [0.2, 0.25) is 5.91 Å². The summed E-state index contributed by atoms with van der Waals surface area (Å²) in [6.07, 6.45) is 0. The number of hydrogen-bond donors (Lipinski definition) is 3. The number of carbonyl (C=O) groups is 2. The molecule has 6 nitrogen and oxygen atoms in total. The third-order valence-corrected chi connectivity index (χ3v) is 3.47. The minimum absolute atomic E-state index is 0.0798. The van der Waals surface area contributed by atoms with Gasteiger partial charge in [0.15, 0.2) is 0 Å². The third kappa shape index (κ3) is 4.30. The smallest absolute Gasteiger partial charge is 0.270 e. The van der Waals surface area contributed by atoms with Crippen molar-refractivity contribution in [3.05, 3.63) is 65.0 Å². The normalized spacial score (nSPS) is 10.3. The summed E-state index contributed by atoms with van der Waals surface area (Å²) in [6, 6.07) is 11.5. The van der Waals surface area contributed by atoms with E-state index in [0.29, 0.717) is 11.6 Å². The molecule has 0 fully saturated rings. The van der Waals surface area contributed by atoms with E-state index in [-0.39, 0.29) is 17.8 Å². The van der Waals surface area contributed by atoms with E-state index in [9.17, 15) is 14.0 Å². The van der Waals surface area contributed by atoms with Crippen LogP contribution in [0.1, 0.15) is 21.5 Å². The van der Waals surface area contributed by atoms with Gasteiger partial charge in [-0.2, -0.15) is 0 Å². The molecule has 126 valence electrons. The van der Waals surface area contributed by atoms with Crippen molar-refractivity contribution in [2.45, 2.75) is 13.5 Å². The van der Waals surface area contributed by atoms with Gasteiger partial charge in [-0.25, -0.2) is 10.2 Å². The Kier molecular flexibility index (Phi) is 5.49. The Labute approximate surface area is 139 Å². The number of nitrogens with one attached hydrogen (secondary N) is 1. The van der Waals surface area contributed by atoms with Gasteiger partial charge in [-0.3, -0.25) is 14.6 Å². The molecule has 0 aliphatic rings. The van der Waals surface area contributed by atoms with Gasteiger partial charge in [0.1, 0.15) is 12.4 Å². The van der Waals surface area contributed by atoms with Crippen LogP contribution in [-0.4, -0.2) is 23.4 Å². The van der Waals surface area contributed by atoms with E-state index in [4.69, 9.17) is 11.6 Å². The predicted octanol–water partition coefficient (Wildman–Crippen LogP) is 1.35. The average Bonchev–Trinajstić information content (AvgIpc) is 2.56. The number of carbonyl (C=O) groups excluding carboxylic acids is 2. The minimum atomic E-state index is -0.725. The number of nitrogen functional groups attached to an aromatic ring is 1. The molecule has 0 radical (unpaired) electrons. The number of para-hydroxylation sites is 1. The van der Waals surface area contributed by atoms with Crippen molar-refractivity contribution in [3.63, 3.8) is 0 Å². The fraction of sp³-hybridized carbons (Fsp3) is 0.176. The Balaban J connectivity index is 1.92. The molecule has 0 spiro atoms. The number of anilines is 1. The zero-order valence-electron chi connectivity index (χ0n) is 13.3. The lowest BCUT2D eigenvalue weighted by molar-refractivity contribution is -0.122. The van der Waals surface area contributed by atoms with Crippen LogP contribution in [0.2, 0.25) is 0 Å².